The van der Waals surface area contributed by atoms with Gasteiger partial charge in [0, 0.05) is 23.2 Å². The molecule has 92 valence electrons. The summed E-state index contributed by atoms with van der Waals surface area (Å²) in [5, 5.41) is 6.84. The van der Waals surface area contributed by atoms with E-state index in [4.69, 9.17) is 0 Å². The van der Waals surface area contributed by atoms with Crippen molar-refractivity contribution in [2.24, 2.45) is 0 Å². The van der Waals surface area contributed by atoms with Crippen molar-refractivity contribution < 1.29 is 0 Å². The third-order valence-corrected chi connectivity index (χ3v) is 4.59. The van der Waals surface area contributed by atoms with Gasteiger partial charge in [0.1, 0.15) is 11.0 Å². The Morgan fingerprint density at radius 1 is 0.722 bits per heavy atom. The first-order valence-electron chi connectivity index (χ1n) is 4.92. The molecule has 0 aliphatic carbocycles. The van der Waals surface area contributed by atoms with Crippen LogP contribution in [0.1, 0.15) is 0 Å². The number of aromatic nitrogens is 2. The lowest BCUT2D eigenvalue weighted by molar-refractivity contribution is 1.31. The summed E-state index contributed by atoms with van der Waals surface area (Å²) in [6.07, 6.45) is 3.53. The Morgan fingerprint density at radius 2 is 1.17 bits per heavy atom. The zero-order valence-corrected chi connectivity index (χ0v) is 14.1. The number of hydrogen-bond donors (Lipinski definition) is 0. The van der Waals surface area contributed by atoms with E-state index in [0.717, 1.165) is 11.0 Å². The maximum atomic E-state index is 4.47. The van der Waals surface area contributed by atoms with Gasteiger partial charge in [0.2, 0.25) is 0 Å². The third kappa shape index (κ3) is 1.79. The fourth-order valence-corrected chi connectivity index (χ4v) is 3.89. The second-order valence-corrected chi connectivity index (χ2v) is 5.41. The maximum absolute atomic E-state index is 4.47. The van der Waals surface area contributed by atoms with E-state index in [0.29, 0.717) is 0 Å². The van der Waals surface area contributed by atoms with Crippen molar-refractivity contribution in [1.29, 1.82) is 0 Å². The van der Waals surface area contributed by atoms with Gasteiger partial charge in [-0.25, -0.2) is 0 Å². The van der Waals surface area contributed by atoms with Gasteiger partial charge in [-0.2, -0.15) is 0 Å². The third-order valence-electron chi connectivity index (χ3n) is 2.75. The first kappa shape index (κ1) is 13.9. The van der Waals surface area contributed by atoms with Crippen molar-refractivity contribution in [2.75, 3.05) is 0 Å². The van der Waals surface area contributed by atoms with E-state index in [9.17, 15) is 0 Å². The minimum absolute atomic E-state index is 0. The Hall–Kier alpha value is -0.560. The molecule has 0 atom stereocenters. The lowest BCUT2D eigenvalue weighted by Crippen LogP contribution is -1.82. The predicted molar refractivity (Wildman–Crippen MR) is 90.9 cm³/mol. The zero-order valence-electron chi connectivity index (χ0n) is 8.99. The molecule has 0 fully saturated rings. The lowest BCUT2D eigenvalue weighted by Gasteiger charge is -2.00. The summed E-state index contributed by atoms with van der Waals surface area (Å²) in [6.45, 7) is 0. The molecule has 3 aromatic heterocycles. The number of fused-ring (bicyclic) bond motifs is 6. The Balaban J connectivity index is 0.000000602. The van der Waals surface area contributed by atoms with Gasteiger partial charge in [-0.05, 0) is 22.9 Å². The summed E-state index contributed by atoms with van der Waals surface area (Å²) in [5.74, 6) is 0. The fraction of sp³-hybridized carbons (Fsp3) is 0. The van der Waals surface area contributed by atoms with Crippen molar-refractivity contribution in [3.8, 4) is 0 Å². The maximum Gasteiger partial charge on any atom is 0.108 e. The molecular formula is C12H8Br2N2S2. The molecule has 0 saturated heterocycles. The second kappa shape index (κ2) is 5.21. The highest BCUT2D eigenvalue weighted by Gasteiger charge is 2.11. The minimum Gasteiger partial charge on any atom is -0.251 e. The molecular weight excluding hydrogens is 396 g/mol. The number of thiophene rings is 2. The summed E-state index contributed by atoms with van der Waals surface area (Å²) in [7, 11) is 0. The van der Waals surface area contributed by atoms with Gasteiger partial charge in [0.15, 0.2) is 0 Å². The van der Waals surface area contributed by atoms with E-state index in [2.05, 4.69) is 32.9 Å². The topological polar surface area (TPSA) is 25.8 Å². The second-order valence-electron chi connectivity index (χ2n) is 3.58. The average molecular weight is 404 g/mol. The molecule has 2 nitrogen and oxygen atoms in total. The van der Waals surface area contributed by atoms with Crippen LogP contribution in [0.2, 0.25) is 0 Å². The number of nitrogens with zero attached hydrogens (tertiary/aromatic N) is 2. The monoisotopic (exact) mass is 402 g/mol. The van der Waals surface area contributed by atoms with Crippen LogP contribution in [0.15, 0.2) is 35.3 Å². The van der Waals surface area contributed by atoms with Crippen LogP contribution in [0.4, 0.5) is 0 Å². The minimum atomic E-state index is 0. The molecule has 0 aliphatic heterocycles. The molecule has 4 rings (SSSR count). The first-order valence-corrected chi connectivity index (χ1v) is 6.68. The molecule has 6 heteroatoms. The summed E-state index contributed by atoms with van der Waals surface area (Å²) < 4.78 is 2.49. The van der Waals surface area contributed by atoms with Gasteiger partial charge in [-0.15, -0.1) is 56.6 Å². The van der Waals surface area contributed by atoms with Crippen LogP contribution < -0.4 is 0 Å². The van der Waals surface area contributed by atoms with E-state index in [-0.39, 0.29) is 34.0 Å². The number of benzene rings is 1. The molecule has 0 amide bonds. The van der Waals surface area contributed by atoms with Crippen molar-refractivity contribution >= 4 is 87.8 Å². The van der Waals surface area contributed by atoms with Crippen LogP contribution >= 0.6 is 56.6 Å². The van der Waals surface area contributed by atoms with E-state index < -0.39 is 0 Å². The standard InChI is InChI=1S/C12H6N2S2.2BrH/c1-5-15-11-7(1)8-2-6-16-12(8)10-9(11)13-3-4-14-10;;/h1-6H;2*1H. The Labute approximate surface area is 132 Å². The number of rotatable bonds is 0. The van der Waals surface area contributed by atoms with Crippen molar-refractivity contribution in [3.63, 3.8) is 0 Å². The Morgan fingerprint density at radius 3 is 1.61 bits per heavy atom. The van der Waals surface area contributed by atoms with Gasteiger partial charge in [0.05, 0.1) is 9.40 Å². The van der Waals surface area contributed by atoms with Gasteiger partial charge >= 0.3 is 0 Å². The lowest BCUT2D eigenvalue weighted by atomic mass is 10.1. The van der Waals surface area contributed by atoms with Crippen LogP contribution in [0, 0.1) is 0 Å². The molecule has 0 bridgehead atoms. The highest BCUT2D eigenvalue weighted by molar-refractivity contribution is 8.93. The molecule has 0 unspecified atom stereocenters. The van der Waals surface area contributed by atoms with Gasteiger partial charge in [-0.3, -0.25) is 9.97 Å². The van der Waals surface area contributed by atoms with Crippen LogP contribution in [-0.4, -0.2) is 9.97 Å². The number of hydrogen-bond acceptors (Lipinski definition) is 4. The van der Waals surface area contributed by atoms with Crippen molar-refractivity contribution in [2.45, 2.75) is 0 Å². The van der Waals surface area contributed by atoms with Gasteiger partial charge in [-0.1, -0.05) is 0 Å². The normalized spacial score (nSPS) is 10.4. The highest BCUT2D eigenvalue weighted by Crippen LogP contribution is 2.38. The van der Waals surface area contributed by atoms with Crippen LogP contribution in [0.5, 0.6) is 0 Å². The van der Waals surface area contributed by atoms with E-state index in [1.807, 2.05) is 0 Å². The largest absolute Gasteiger partial charge is 0.251 e. The molecule has 0 spiro atoms. The highest BCUT2D eigenvalue weighted by atomic mass is 79.9. The van der Waals surface area contributed by atoms with E-state index in [1.165, 1.54) is 20.2 Å². The molecule has 0 radical (unpaired) electrons. The fourth-order valence-electron chi connectivity index (χ4n) is 2.08. The molecule has 0 N–H and O–H groups in total. The summed E-state index contributed by atoms with van der Waals surface area (Å²) in [6, 6.07) is 4.34. The van der Waals surface area contributed by atoms with Gasteiger partial charge < -0.3 is 0 Å². The Bertz CT molecular complexity index is 753. The molecule has 1 aromatic carbocycles. The quantitative estimate of drug-likeness (QED) is 0.402. The van der Waals surface area contributed by atoms with Crippen molar-refractivity contribution in [1.82, 2.24) is 9.97 Å². The SMILES string of the molecule is Br.Br.c1cnc2c(n1)c1sccc1c1ccsc12. The van der Waals surface area contributed by atoms with Gasteiger partial charge in [0.25, 0.3) is 0 Å². The van der Waals surface area contributed by atoms with Crippen LogP contribution in [-0.2, 0) is 0 Å². The summed E-state index contributed by atoms with van der Waals surface area (Å²) >= 11 is 3.47. The molecule has 3 heterocycles. The molecule has 0 aliphatic rings. The van der Waals surface area contributed by atoms with E-state index >= 15 is 0 Å². The van der Waals surface area contributed by atoms with Crippen LogP contribution in [0.25, 0.3) is 31.2 Å². The Kier molecular flexibility index (Phi) is 4.01. The molecule has 0 saturated carbocycles. The van der Waals surface area contributed by atoms with Crippen LogP contribution in [0.3, 0.4) is 0 Å². The average Bonchev–Trinajstić information content (AvgIpc) is 2.98. The number of halogens is 2. The van der Waals surface area contributed by atoms with Crippen molar-refractivity contribution in [3.05, 3.63) is 35.3 Å². The van der Waals surface area contributed by atoms with E-state index in [1.54, 1.807) is 35.1 Å². The zero-order chi connectivity index (χ0) is 10.5. The predicted octanol–water partition coefficient (Wildman–Crippen LogP) is 5.22. The molecule has 4 aromatic rings. The summed E-state index contributed by atoms with van der Waals surface area (Å²) in [4.78, 5) is 8.93. The summed E-state index contributed by atoms with van der Waals surface area (Å²) in [5.41, 5.74) is 2.06. The first-order chi connectivity index (χ1) is 7.95. The smallest absolute Gasteiger partial charge is 0.108 e. The molecule has 18 heavy (non-hydrogen) atoms.